The molecule has 3 heterocycles. The van der Waals surface area contributed by atoms with E-state index in [2.05, 4.69) is 15.4 Å². The molecule has 0 unspecified atom stereocenters. The fourth-order valence-electron chi connectivity index (χ4n) is 5.13. The van der Waals surface area contributed by atoms with E-state index in [1.54, 1.807) is 36.0 Å². The van der Waals surface area contributed by atoms with E-state index in [4.69, 9.17) is 0 Å². The lowest BCUT2D eigenvalue weighted by Crippen LogP contribution is -2.40. The highest BCUT2D eigenvalue weighted by molar-refractivity contribution is 5.95. The van der Waals surface area contributed by atoms with Gasteiger partial charge in [-0.2, -0.15) is 13.9 Å². The smallest absolute Gasteiger partial charge is 0.321 e. The molecule has 1 N–H and O–H groups in total. The van der Waals surface area contributed by atoms with Gasteiger partial charge in [0.1, 0.15) is 17.3 Å². The van der Waals surface area contributed by atoms with E-state index in [9.17, 15) is 17.6 Å². The molecule has 190 valence electrons. The van der Waals surface area contributed by atoms with Crippen LogP contribution in [0.3, 0.4) is 0 Å². The van der Waals surface area contributed by atoms with Crippen LogP contribution in [0.4, 0.5) is 29.2 Å². The van der Waals surface area contributed by atoms with Gasteiger partial charge in [-0.05, 0) is 61.4 Å². The van der Waals surface area contributed by atoms with Gasteiger partial charge in [-0.3, -0.25) is 9.25 Å². The average Bonchev–Trinajstić information content (AvgIpc) is 3.44. The fraction of sp³-hybridized carbons (Fsp3) is 0.259. The standard InChI is InChI=1S/C27H24F4N6/c1-35-24-15-18(7-8-19(24)25(34-35)20-14-16(28)6-9-21(20)29)32-17-10-12-36(13-11-17)27-33-22-4-2-3-5-23(22)37(27)26(30)31/h2-9,14-15,17,26,32H,10-13H2,1H3. The number of hydrogen-bond acceptors (Lipinski definition) is 4. The average molecular weight is 509 g/mol. The molecule has 3 aromatic carbocycles. The first kappa shape index (κ1) is 23.3. The first-order valence-electron chi connectivity index (χ1n) is 12.1. The zero-order chi connectivity index (χ0) is 25.7. The Bertz CT molecular complexity index is 1600. The van der Waals surface area contributed by atoms with Crippen molar-refractivity contribution in [3.63, 3.8) is 0 Å². The van der Waals surface area contributed by atoms with Gasteiger partial charge >= 0.3 is 6.55 Å². The van der Waals surface area contributed by atoms with Crippen LogP contribution in [0, 0.1) is 11.6 Å². The molecule has 0 bridgehead atoms. The minimum atomic E-state index is -2.67. The van der Waals surface area contributed by atoms with Gasteiger partial charge in [-0.25, -0.2) is 13.8 Å². The summed E-state index contributed by atoms with van der Waals surface area (Å²) >= 11 is 0. The first-order valence-corrected chi connectivity index (χ1v) is 12.1. The van der Waals surface area contributed by atoms with E-state index in [0.717, 1.165) is 52.2 Å². The third-order valence-corrected chi connectivity index (χ3v) is 6.96. The Morgan fingerprint density at radius 2 is 1.73 bits per heavy atom. The molecule has 5 aromatic rings. The molecule has 0 spiro atoms. The molecule has 1 aliphatic heterocycles. The number of fused-ring (bicyclic) bond motifs is 2. The molecule has 0 amide bonds. The predicted octanol–water partition coefficient (Wildman–Crippen LogP) is 6.34. The maximum Gasteiger partial charge on any atom is 0.321 e. The number of aryl methyl sites for hydroxylation is 1. The van der Waals surface area contributed by atoms with Crippen LogP contribution in [0.2, 0.25) is 0 Å². The Morgan fingerprint density at radius 3 is 2.51 bits per heavy atom. The highest BCUT2D eigenvalue weighted by Gasteiger charge is 2.26. The van der Waals surface area contributed by atoms with Crippen molar-refractivity contribution in [2.75, 3.05) is 23.3 Å². The summed E-state index contributed by atoms with van der Waals surface area (Å²) in [5.41, 5.74) is 3.14. The fourth-order valence-corrected chi connectivity index (χ4v) is 5.13. The number of para-hydroxylation sites is 2. The Labute approximate surface area is 210 Å². The van der Waals surface area contributed by atoms with Crippen LogP contribution in [0.15, 0.2) is 60.7 Å². The Hall–Kier alpha value is -4.08. The normalized spacial score (nSPS) is 14.8. The molecule has 10 heteroatoms. The van der Waals surface area contributed by atoms with Crippen LogP contribution in [0.1, 0.15) is 19.4 Å². The zero-order valence-corrected chi connectivity index (χ0v) is 20.0. The molecule has 2 aromatic heterocycles. The van der Waals surface area contributed by atoms with Crippen molar-refractivity contribution in [1.29, 1.82) is 0 Å². The topological polar surface area (TPSA) is 50.9 Å². The lowest BCUT2D eigenvalue weighted by molar-refractivity contribution is 0.0757. The number of imidazole rings is 1. The van der Waals surface area contributed by atoms with E-state index in [0.29, 0.717) is 35.8 Å². The largest absolute Gasteiger partial charge is 0.382 e. The molecule has 1 aliphatic rings. The van der Waals surface area contributed by atoms with Gasteiger partial charge in [0.25, 0.3) is 0 Å². The number of anilines is 2. The minimum absolute atomic E-state index is 0.119. The molecule has 0 aliphatic carbocycles. The SMILES string of the molecule is Cn1nc(-c2cc(F)ccc2F)c2ccc(NC3CCN(c4nc5ccccc5n4C(F)F)CC3)cc21. The van der Waals surface area contributed by atoms with Gasteiger partial charge in [0.05, 0.1) is 16.6 Å². The van der Waals surface area contributed by atoms with Gasteiger partial charge in [-0.15, -0.1) is 0 Å². The molecule has 1 fully saturated rings. The summed E-state index contributed by atoms with van der Waals surface area (Å²) in [4.78, 5) is 6.39. The number of benzene rings is 3. The quantitative estimate of drug-likeness (QED) is 0.281. The summed E-state index contributed by atoms with van der Waals surface area (Å²) in [6.07, 6.45) is 1.49. The van der Waals surface area contributed by atoms with Crippen LogP contribution < -0.4 is 10.2 Å². The van der Waals surface area contributed by atoms with Crippen molar-refractivity contribution < 1.29 is 17.6 Å². The number of rotatable bonds is 5. The molecule has 6 nitrogen and oxygen atoms in total. The van der Waals surface area contributed by atoms with Crippen molar-refractivity contribution in [1.82, 2.24) is 19.3 Å². The highest BCUT2D eigenvalue weighted by Crippen LogP contribution is 2.33. The lowest BCUT2D eigenvalue weighted by Gasteiger charge is -2.33. The van der Waals surface area contributed by atoms with Gasteiger partial charge in [0.15, 0.2) is 0 Å². The summed E-state index contributed by atoms with van der Waals surface area (Å²) in [6, 6.07) is 16.1. The van der Waals surface area contributed by atoms with E-state index in [1.165, 1.54) is 0 Å². The number of alkyl halides is 2. The maximum absolute atomic E-state index is 14.4. The number of nitrogens with one attached hydrogen (secondary N) is 1. The van der Waals surface area contributed by atoms with Crippen molar-refractivity contribution in [2.24, 2.45) is 7.05 Å². The van der Waals surface area contributed by atoms with Gasteiger partial charge in [0.2, 0.25) is 5.95 Å². The number of piperidine rings is 1. The molecule has 0 saturated carbocycles. The van der Waals surface area contributed by atoms with Crippen LogP contribution in [0.25, 0.3) is 33.2 Å². The van der Waals surface area contributed by atoms with Crippen LogP contribution in [-0.4, -0.2) is 38.5 Å². The van der Waals surface area contributed by atoms with Crippen LogP contribution in [0.5, 0.6) is 0 Å². The predicted molar refractivity (Wildman–Crippen MR) is 136 cm³/mol. The van der Waals surface area contributed by atoms with Crippen LogP contribution in [-0.2, 0) is 7.05 Å². The second-order valence-corrected chi connectivity index (χ2v) is 9.28. The second kappa shape index (κ2) is 9.10. The Balaban J connectivity index is 1.20. The molecule has 37 heavy (non-hydrogen) atoms. The Morgan fingerprint density at radius 1 is 0.946 bits per heavy atom. The summed E-state index contributed by atoms with van der Waals surface area (Å²) < 4.78 is 58.5. The summed E-state index contributed by atoms with van der Waals surface area (Å²) in [7, 11) is 1.76. The minimum Gasteiger partial charge on any atom is -0.382 e. The molecule has 0 radical (unpaired) electrons. The number of halogens is 4. The molecule has 0 atom stereocenters. The number of nitrogens with zero attached hydrogens (tertiary/aromatic N) is 5. The maximum atomic E-state index is 14.4. The second-order valence-electron chi connectivity index (χ2n) is 9.28. The van der Waals surface area contributed by atoms with Gasteiger partial charge in [-0.1, -0.05) is 12.1 Å². The number of hydrogen-bond donors (Lipinski definition) is 1. The first-order chi connectivity index (χ1) is 17.9. The lowest BCUT2D eigenvalue weighted by atomic mass is 10.0. The summed E-state index contributed by atoms with van der Waals surface area (Å²) in [5.74, 6) is -0.761. The van der Waals surface area contributed by atoms with E-state index in [-0.39, 0.29) is 11.6 Å². The highest BCUT2D eigenvalue weighted by atomic mass is 19.3. The summed E-state index contributed by atoms with van der Waals surface area (Å²) in [5, 5.41) is 8.69. The number of aromatic nitrogens is 4. The monoisotopic (exact) mass is 508 g/mol. The van der Waals surface area contributed by atoms with Crippen molar-refractivity contribution >= 4 is 33.6 Å². The molecular weight excluding hydrogens is 484 g/mol. The molecular formula is C27H24F4N6. The summed E-state index contributed by atoms with van der Waals surface area (Å²) in [6.45, 7) is -1.50. The van der Waals surface area contributed by atoms with Crippen LogP contribution >= 0.6 is 0 Å². The Kier molecular flexibility index (Phi) is 5.73. The van der Waals surface area contributed by atoms with E-state index < -0.39 is 18.2 Å². The van der Waals surface area contributed by atoms with E-state index >= 15 is 0 Å². The van der Waals surface area contributed by atoms with Crippen molar-refractivity contribution in [2.45, 2.75) is 25.4 Å². The zero-order valence-electron chi connectivity index (χ0n) is 20.0. The third kappa shape index (κ3) is 4.16. The van der Waals surface area contributed by atoms with Crippen molar-refractivity contribution in [3.05, 3.63) is 72.3 Å². The molecule has 6 rings (SSSR count). The van der Waals surface area contributed by atoms with E-state index in [1.807, 2.05) is 23.1 Å². The molecule has 1 saturated heterocycles. The third-order valence-electron chi connectivity index (χ3n) is 6.96. The van der Waals surface area contributed by atoms with Gasteiger partial charge < -0.3 is 10.2 Å². The van der Waals surface area contributed by atoms with Gasteiger partial charge in [0, 0.05) is 42.8 Å². The van der Waals surface area contributed by atoms with Crippen molar-refractivity contribution in [3.8, 4) is 11.3 Å².